The number of guanidine groups is 1. The van der Waals surface area contributed by atoms with Gasteiger partial charge in [-0.1, -0.05) is 12.1 Å². The molecule has 1 aliphatic rings. The SMILES string of the molecule is CN=C(NCc1ccc(C)cc1OC)NCC1CCN(CC(F)(F)F)C1. The second-order valence-electron chi connectivity index (χ2n) is 6.63. The molecular formula is C18H27F3N4O. The molecule has 26 heavy (non-hydrogen) atoms. The van der Waals surface area contributed by atoms with Crippen LogP contribution in [0.5, 0.6) is 5.75 Å². The van der Waals surface area contributed by atoms with Gasteiger partial charge in [-0.2, -0.15) is 13.2 Å². The number of ether oxygens (including phenoxy) is 1. The van der Waals surface area contributed by atoms with Crippen LogP contribution in [0.4, 0.5) is 13.2 Å². The number of nitrogens with one attached hydrogen (secondary N) is 2. The first-order valence-corrected chi connectivity index (χ1v) is 8.68. The van der Waals surface area contributed by atoms with E-state index in [1.165, 1.54) is 4.90 Å². The van der Waals surface area contributed by atoms with Gasteiger partial charge in [0.15, 0.2) is 5.96 Å². The normalized spacial score (nSPS) is 18.8. The lowest BCUT2D eigenvalue weighted by molar-refractivity contribution is -0.143. The molecule has 2 N–H and O–H groups in total. The van der Waals surface area contributed by atoms with Crippen LogP contribution in [0.2, 0.25) is 0 Å². The van der Waals surface area contributed by atoms with E-state index in [9.17, 15) is 13.2 Å². The second kappa shape index (κ2) is 9.12. The number of nitrogens with zero attached hydrogens (tertiary/aromatic N) is 2. The lowest BCUT2D eigenvalue weighted by Gasteiger charge is -2.19. The predicted molar refractivity (Wildman–Crippen MR) is 96.5 cm³/mol. The van der Waals surface area contributed by atoms with Crippen LogP contribution in [-0.4, -0.2) is 57.4 Å². The molecule has 1 aliphatic heterocycles. The van der Waals surface area contributed by atoms with E-state index in [0.717, 1.165) is 23.3 Å². The van der Waals surface area contributed by atoms with E-state index in [-0.39, 0.29) is 5.92 Å². The zero-order valence-corrected chi connectivity index (χ0v) is 15.5. The van der Waals surface area contributed by atoms with Crippen molar-refractivity contribution >= 4 is 5.96 Å². The molecule has 1 saturated heterocycles. The van der Waals surface area contributed by atoms with E-state index >= 15 is 0 Å². The maximum atomic E-state index is 12.5. The Kier molecular flexibility index (Phi) is 7.14. The summed E-state index contributed by atoms with van der Waals surface area (Å²) in [6.07, 6.45) is -3.38. The van der Waals surface area contributed by atoms with Crippen LogP contribution >= 0.6 is 0 Å². The van der Waals surface area contributed by atoms with Crippen LogP contribution in [0.25, 0.3) is 0 Å². The monoisotopic (exact) mass is 372 g/mol. The molecule has 1 heterocycles. The van der Waals surface area contributed by atoms with Crippen LogP contribution < -0.4 is 15.4 Å². The van der Waals surface area contributed by atoms with Crippen LogP contribution in [0, 0.1) is 12.8 Å². The van der Waals surface area contributed by atoms with Gasteiger partial charge in [-0.15, -0.1) is 0 Å². The van der Waals surface area contributed by atoms with E-state index in [0.29, 0.717) is 32.1 Å². The van der Waals surface area contributed by atoms with Crippen molar-refractivity contribution in [2.75, 3.05) is 40.3 Å². The van der Waals surface area contributed by atoms with Gasteiger partial charge in [-0.3, -0.25) is 9.89 Å². The summed E-state index contributed by atoms with van der Waals surface area (Å²) in [6, 6.07) is 5.99. The molecule has 2 rings (SSSR count). The summed E-state index contributed by atoms with van der Waals surface area (Å²) in [5.41, 5.74) is 2.14. The minimum atomic E-state index is -4.13. The van der Waals surface area contributed by atoms with Crippen molar-refractivity contribution in [1.29, 1.82) is 0 Å². The van der Waals surface area contributed by atoms with Crippen molar-refractivity contribution in [3.8, 4) is 5.75 Å². The molecule has 0 aliphatic carbocycles. The lowest BCUT2D eigenvalue weighted by atomic mass is 10.1. The number of aryl methyl sites for hydroxylation is 1. The highest BCUT2D eigenvalue weighted by Crippen LogP contribution is 2.22. The fourth-order valence-electron chi connectivity index (χ4n) is 3.12. The van der Waals surface area contributed by atoms with Crippen molar-refractivity contribution in [2.45, 2.75) is 26.1 Å². The molecule has 1 aromatic carbocycles. The highest BCUT2D eigenvalue weighted by molar-refractivity contribution is 5.79. The van der Waals surface area contributed by atoms with Crippen LogP contribution in [-0.2, 0) is 6.54 Å². The number of rotatable bonds is 6. The summed E-state index contributed by atoms with van der Waals surface area (Å²) >= 11 is 0. The van der Waals surface area contributed by atoms with Crippen molar-refractivity contribution in [3.63, 3.8) is 0 Å². The fraction of sp³-hybridized carbons (Fsp3) is 0.611. The Hall–Kier alpha value is -1.96. The van der Waals surface area contributed by atoms with Gasteiger partial charge in [-0.05, 0) is 37.4 Å². The summed E-state index contributed by atoms with van der Waals surface area (Å²) in [4.78, 5) is 5.63. The van der Waals surface area contributed by atoms with Gasteiger partial charge in [0, 0.05) is 32.2 Å². The highest BCUT2D eigenvalue weighted by Gasteiger charge is 2.34. The zero-order valence-electron chi connectivity index (χ0n) is 15.5. The molecule has 0 bridgehead atoms. The predicted octanol–water partition coefficient (Wildman–Crippen LogP) is 2.55. The third-order valence-electron chi connectivity index (χ3n) is 4.44. The van der Waals surface area contributed by atoms with Gasteiger partial charge < -0.3 is 15.4 Å². The van der Waals surface area contributed by atoms with Crippen LogP contribution in [0.1, 0.15) is 17.5 Å². The molecule has 0 aromatic heterocycles. The van der Waals surface area contributed by atoms with Crippen molar-refractivity contribution < 1.29 is 17.9 Å². The highest BCUT2D eigenvalue weighted by atomic mass is 19.4. The number of hydrogen-bond acceptors (Lipinski definition) is 3. The van der Waals surface area contributed by atoms with Crippen molar-refractivity contribution in [3.05, 3.63) is 29.3 Å². The number of likely N-dealkylation sites (tertiary alicyclic amines) is 1. The first-order chi connectivity index (χ1) is 12.3. The van der Waals surface area contributed by atoms with Gasteiger partial charge in [0.1, 0.15) is 5.75 Å². The molecule has 1 unspecified atom stereocenters. The first kappa shape index (κ1) is 20.4. The smallest absolute Gasteiger partial charge is 0.401 e. The largest absolute Gasteiger partial charge is 0.496 e. The maximum Gasteiger partial charge on any atom is 0.401 e. The first-order valence-electron chi connectivity index (χ1n) is 8.68. The summed E-state index contributed by atoms with van der Waals surface area (Å²) in [5.74, 6) is 1.62. The van der Waals surface area contributed by atoms with Crippen LogP contribution in [0.3, 0.4) is 0 Å². The third-order valence-corrected chi connectivity index (χ3v) is 4.44. The average molecular weight is 372 g/mol. The Morgan fingerprint density at radius 1 is 1.35 bits per heavy atom. The summed E-state index contributed by atoms with van der Waals surface area (Å²) in [5, 5.41) is 6.42. The van der Waals surface area contributed by atoms with Gasteiger partial charge in [-0.25, -0.2) is 0 Å². The molecular weight excluding hydrogens is 345 g/mol. The number of halogens is 3. The van der Waals surface area contributed by atoms with Crippen molar-refractivity contribution in [2.24, 2.45) is 10.9 Å². The van der Waals surface area contributed by atoms with E-state index in [2.05, 4.69) is 15.6 Å². The zero-order chi connectivity index (χ0) is 19.2. The number of benzene rings is 1. The minimum Gasteiger partial charge on any atom is -0.496 e. The Morgan fingerprint density at radius 3 is 2.77 bits per heavy atom. The quantitative estimate of drug-likeness (QED) is 0.595. The molecule has 0 saturated carbocycles. The van der Waals surface area contributed by atoms with Gasteiger partial charge >= 0.3 is 6.18 Å². The lowest BCUT2D eigenvalue weighted by Crippen LogP contribution is -2.40. The van der Waals surface area contributed by atoms with Crippen molar-refractivity contribution in [1.82, 2.24) is 15.5 Å². The molecule has 5 nitrogen and oxygen atoms in total. The van der Waals surface area contributed by atoms with E-state index < -0.39 is 12.7 Å². The second-order valence-corrected chi connectivity index (χ2v) is 6.63. The standard InChI is InChI=1S/C18H27F3N4O/c1-13-4-5-15(16(8-13)26-3)10-24-17(22-2)23-9-14-6-7-25(11-14)12-18(19,20)21/h4-5,8,14H,6-7,9-12H2,1-3H3,(H2,22,23,24). The Balaban J connectivity index is 1.78. The molecule has 0 spiro atoms. The van der Waals surface area contributed by atoms with Gasteiger partial charge in [0.2, 0.25) is 0 Å². The van der Waals surface area contributed by atoms with E-state index in [1.807, 2.05) is 25.1 Å². The fourth-order valence-corrected chi connectivity index (χ4v) is 3.12. The molecule has 0 radical (unpaired) electrons. The topological polar surface area (TPSA) is 48.9 Å². The summed E-state index contributed by atoms with van der Waals surface area (Å²) < 4.78 is 42.8. The molecule has 146 valence electrons. The van der Waals surface area contributed by atoms with Crippen LogP contribution in [0.15, 0.2) is 23.2 Å². The number of alkyl halides is 3. The van der Waals surface area contributed by atoms with Gasteiger partial charge in [0.05, 0.1) is 13.7 Å². The molecule has 1 atom stereocenters. The Labute approximate surface area is 152 Å². The summed E-state index contributed by atoms with van der Waals surface area (Å²) in [7, 11) is 3.31. The minimum absolute atomic E-state index is 0.185. The molecule has 1 aromatic rings. The molecule has 1 fully saturated rings. The third kappa shape index (κ3) is 6.40. The number of aliphatic imine (C=N–C) groups is 1. The Morgan fingerprint density at radius 2 is 2.12 bits per heavy atom. The molecule has 8 heteroatoms. The van der Waals surface area contributed by atoms with E-state index in [4.69, 9.17) is 4.74 Å². The average Bonchev–Trinajstić information content (AvgIpc) is 3.01. The van der Waals surface area contributed by atoms with Gasteiger partial charge in [0.25, 0.3) is 0 Å². The Bertz CT molecular complexity index is 619. The summed E-state index contributed by atoms with van der Waals surface area (Å²) in [6.45, 7) is 3.26. The molecule has 0 amide bonds. The maximum absolute atomic E-state index is 12.5. The van der Waals surface area contributed by atoms with E-state index in [1.54, 1.807) is 14.2 Å². The number of methoxy groups -OCH3 is 1. The number of hydrogen-bond donors (Lipinski definition) is 2.